The number of fused-ring (bicyclic) bond motifs is 1. The van der Waals surface area contributed by atoms with Crippen LogP contribution in [0.5, 0.6) is 0 Å². The molecule has 2 heterocycles. The van der Waals surface area contributed by atoms with E-state index in [1.165, 1.54) is 11.3 Å². The van der Waals surface area contributed by atoms with Crippen LogP contribution in [0.25, 0.3) is 0 Å². The van der Waals surface area contributed by atoms with Gasteiger partial charge in [-0.05, 0) is 29.7 Å². The van der Waals surface area contributed by atoms with Crippen molar-refractivity contribution in [2.75, 3.05) is 13.1 Å². The Bertz CT molecular complexity index is 887. The average molecular weight is 347 g/mol. The first-order valence-electron chi connectivity index (χ1n) is 8.90. The fourth-order valence-electron chi connectivity index (χ4n) is 3.75. The second-order valence-corrected chi connectivity index (χ2v) is 6.65. The van der Waals surface area contributed by atoms with E-state index in [1.807, 2.05) is 18.2 Å². The van der Waals surface area contributed by atoms with Gasteiger partial charge in [0.05, 0.1) is 11.0 Å². The molecule has 0 saturated carbocycles. The summed E-state index contributed by atoms with van der Waals surface area (Å²) in [6.07, 6.45) is 3.03. The van der Waals surface area contributed by atoms with Crippen LogP contribution >= 0.6 is 0 Å². The van der Waals surface area contributed by atoms with Crippen molar-refractivity contribution in [3.05, 3.63) is 99.9 Å². The van der Waals surface area contributed by atoms with Crippen molar-refractivity contribution < 1.29 is 4.92 Å². The van der Waals surface area contributed by atoms with E-state index in [4.69, 9.17) is 0 Å². The van der Waals surface area contributed by atoms with Gasteiger partial charge in [0.25, 0.3) is 5.69 Å². The summed E-state index contributed by atoms with van der Waals surface area (Å²) in [4.78, 5) is 13.0. The molecule has 5 heteroatoms. The molecule has 0 spiro atoms. The van der Waals surface area contributed by atoms with Crippen LogP contribution in [0.3, 0.4) is 0 Å². The van der Waals surface area contributed by atoms with E-state index in [0.717, 1.165) is 31.6 Å². The second kappa shape index (κ2) is 7.14. The number of hydrogen-bond acceptors (Lipinski definition) is 3. The Balaban J connectivity index is 1.54. The molecule has 0 N–H and O–H groups in total. The zero-order valence-corrected chi connectivity index (χ0v) is 14.5. The van der Waals surface area contributed by atoms with Crippen LogP contribution in [-0.4, -0.2) is 27.5 Å². The summed E-state index contributed by atoms with van der Waals surface area (Å²) in [5.74, 6) is 0. The van der Waals surface area contributed by atoms with Gasteiger partial charge >= 0.3 is 0 Å². The van der Waals surface area contributed by atoms with Crippen molar-refractivity contribution in [1.29, 1.82) is 0 Å². The normalized spacial score (nSPS) is 17.0. The van der Waals surface area contributed by atoms with Gasteiger partial charge < -0.3 is 4.57 Å². The lowest BCUT2D eigenvalue weighted by atomic mass is 9.99. The van der Waals surface area contributed by atoms with Crippen LogP contribution in [-0.2, 0) is 13.0 Å². The molecule has 132 valence electrons. The summed E-state index contributed by atoms with van der Waals surface area (Å²) < 4.78 is 2.33. The molecule has 0 bridgehead atoms. The number of rotatable bonds is 5. The molecule has 0 radical (unpaired) electrons. The highest BCUT2D eigenvalue weighted by Gasteiger charge is 2.28. The van der Waals surface area contributed by atoms with Crippen molar-refractivity contribution >= 4 is 5.69 Å². The van der Waals surface area contributed by atoms with Gasteiger partial charge in [0.15, 0.2) is 0 Å². The maximum atomic E-state index is 10.8. The summed E-state index contributed by atoms with van der Waals surface area (Å²) in [7, 11) is 0. The van der Waals surface area contributed by atoms with Gasteiger partial charge in [0.1, 0.15) is 0 Å². The first kappa shape index (κ1) is 16.5. The first-order chi connectivity index (χ1) is 12.7. The third-order valence-corrected chi connectivity index (χ3v) is 5.09. The first-order valence-corrected chi connectivity index (χ1v) is 8.90. The Labute approximate surface area is 152 Å². The zero-order valence-electron chi connectivity index (χ0n) is 14.5. The van der Waals surface area contributed by atoms with Gasteiger partial charge in [-0.25, -0.2) is 0 Å². The number of nitro groups is 1. The predicted molar refractivity (Wildman–Crippen MR) is 101 cm³/mol. The van der Waals surface area contributed by atoms with Crippen LogP contribution in [0, 0.1) is 10.1 Å². The Morgan fingerprint density at radius 1 is 0.962 bits per heavy atom. The standard InChI is InChI=1S/C21H21N3O2/c25-24(26)19-10-8-17(9-11-19)12-14-23-16-15-22-13-4-7-20(22)21(23)18-5-2-1-3-6-18/h1-11,13,21H,12,14-16H2/t21-/m0/s1. The fraction of sp³-hybridized carbons (Fsp3) is 0.238. The van der Waals surface area contributed by atoms with Gasteiger partial charge in [-0.2, -0.15) is 0 Å². The third kappa shape index (κ3) is 3.26. The lowest BCUT2D eigenvalue weighted by Gasteiger charge is -2.37. The highest BCUT2D eigenvalue weighted by atomic mass is 16.6. The molecule has 1 aliphatic rings. The molecule has 26 heavy (non-hydrogen) atoms. The number of aromatic nitrogens is 1. The van der Waals surface area contributed by atoms with Gasteiger partial charge in [-0.15, -0.1) is 0 Å². The van der Waals surface area contributed by atoms with Crippen molar-refractivity contribution in [3.63, 3.8) is 0 Å². The van der Waals surface area contributed by atoms with Gasteiger partial charge in [0.2, 0.25) is 0 Å². The van der Waals surface area contributed by atoms with Crippen molar-refractivity contribution in [1.82, 2.24) is 9.47 Å². The lowest BCUT2D eigenvalue weighted by molar-refractivity contribution is -0.384. The quantitative estimate of drug-likeness (QED) is 0.517. The summed E-state index contributed by atoms with van der Waals surface area (Å²) in [6.45, 7) is 2.91. The number of nitro benzene ring substituents is 1. The molecular weight excluding hydrogens is 326 g/mol. The van der Waals surface area contributed by atoms with E-state index in [0.29, 0.717) is 0 Å². The maximum Gasteiger partial charge on any atom is 0.269 e. The second-order valence-electron chi connectivity index (χ2n) is 6.65. The van der Waals surface area contributed by atoms with Gasteiger partial charge in [-0.1, -0.05) is 42.5 Å². The minimum absolute atomic E-state index is 0.145. The van der Waals surface area contributed by atoms with Gasteiger partial charge in [-0.3, -0.25) is 15.0 Å². The SMILES string of the molecule is O=[N+]([O-])c1ccc(CCN2CCn3cccc3[C@@H]2c2ccccc2)cc1. The maximum absolute atomic E-state index is 10.8. The van der Waals surface area contributed by atoms with E-state index in [1.54, 1.807) is 12.1 Å². The molecule has 1 atom stereocenters. The Morgan fingerprint density at radius 3 is 2.46 bits per heavy atom. The Kier molecular flexibility index (Phi) is 4.54. The van der Waals surface area contributed by atoms with Crippen LogP contribution in [0.2, 0.25) is 0 Å². The molecule has 0 fully saturated rings. The van der Waals surface area contributed by atoms with Gasteiger partial charge in [0, 0.05) is 43.7 Å². The predicted octanol–water partition coefficient (Wildman–Crippen LogP) is 4.04. The fourth-order valence-corrected chi connectivity index (χ4v) is 3.75. The minimum Gasteiger partial charge on any atom is -0.348 e. The number of hydrogen-bond donors (Lipinski definition) is 0. The smallest absolute Gasteiger partial charge is 0.269 e. The number of nitrogens with zero attached hydrogens (tertiary/aromatic N) is 3. The van der Waals surface area contributed by atoms with E-state index < -0.39 is 0 Å². The van der Waals surface area contributed by atoms with Crippen LogP contribution < -0.4 is 0 Å². The summed E-state index contributed by atoms with van der Waals surface area (Å²) >= 11 is 0. The molecule has 4 rings (SSSR count). The van der Waals surface area contributed by atoms with E-state index >= 15 is 0 Å². The Hall–Kier alpha value is -2.92. The molecule has 1 aromatic heterocycles. The molecule has 0 saturated heterocycles. The number of non-ortho nitro benzene ring substituents is 1. The molecular formula is C21H21N3O2. The Morgan fingerprint density at radius 2 is 1.73 bits per heavy atom. The molecule has 0 aliphatic carbocycles. The van der Waals surface area contributed by atoms with E-state index in [2.05, 4.69) is 52.1 Å². The highest BCUT2D eigenvalue weighted by Crippen LogP contribution is 2.32. The van der Waals surface area contributed by atoms with E-state index in [9.17, 15) is 10.1 Å². The van der Waals surface area contributed by atoms with E-state index in [-0.39, 0.29) is 16.7 Å². The molecule has 1 aliphatic heterocycles. The largest absolute Gasteiger partial charge is 0.348 e. The third-order valence-electron chi connectivity index (χ3n) is 5.09. The average Bonchev–Trinajstić information content (AvgIpc) is 3.15. The molecule has 0 unspecified atom stereocenters. The number of benzene rings is 2. The van der Waals surface area contributed by atoms with Crippen LogP contribution in [0.4, 0.5) is 5.69 Å². The van der Waals surface area contributed by atoms with Crippen molar-refractivity contribution in [3.8, 4) is 0 Å². The monoisotopic (exact) mass is 347 g/mol. The van der Waals surface area contributed by atoms with Crippen molar-refractivity contribution in [2.45, 2.75) is 19.0 Å². The summed E-state index contributed by atoms with van der Waals surface area (Å²) in [5.41, 5.74) is 3.90. The lowest BCUT2D eigenvalue weighted by Crippen LogP contribution is -2.39. The molecule has 2 aromatic carbocycles. The minimum atomic E-state index is -0.353. The van der Waals surface area contributed by atoms with Crippen LogP contribution in [0.15, 0.2) is 72.9 Å². The summed E-state index contributed by atoms with van der Waals surface area (Å²) in [5, 5.41) is 10.8. The summed E-state index contributed by atoms with van der Waals surface area (Å²) in [6, 6.07) is 22.1. The molecule has 5 nitrogen and oxygen atoms in total. The zero-order chi connectivity index (χ0) is 17.9. The molecule has 3 aromatic rings. The topological polar surface area (TPSA) is 51.3 Å². The highest BCUT2D eigenvalue weighted by molar-refractivity contribution is 5.33. The van der Waals surface area contributed by atoms with Crippen molar-refractivity contribution in [2.24, 2.45) is 0 Å². The molecule has 0 amide bonds. The van der Waals surface area contributed by atoms with Crippen LogP contribution in [0.1, 0.15) is 22.9 Å².